The van der Waals surface area contributed by atoms with Crippen LogP contribution in [0.5, 0.6) is 0 Å². The van der Waals surface area contributed by atoms with Gasteiger partial charge in [0.2, 0.25) is 0 Å². The van der Waals surface area contributed by atoms with Gasteiger partial charge >= 0.3 is 11.9 Å². The Labute approximate surface area is 139 Å². The molecule has 0 fully saturated rings. The molecule has 1 aromatic carbocycles. The molecule has 3 rings (SSSR count). The van der Waals surface area contributed by atoms with Crippen LogP contribution in [0.4, 0.5) is 0 Å². The first-order valence-electron chi connectivity index (χ1n) is 8.11. The third kappa shape index (κ3) is 2.38. The molecular formula is C18H20N2O4. The fourth-order valence-corrected chi connectivity index (χ4v) is 3.62. The molecule has 2 heterocycles. The van der Waals surface area contributed by atoms with Gasteiger partial charge < -0.3 is 14.8 Å². The average Bonchev–Trinajstić information content (AvgIpc) is 2.73. The number of aromatic nitrogens is 1. The van der Waals surface area contributed by atoms with Crippen molar-refractivity contribution < 1.29 is 19.8 Å². The maximum Gasteiger partial charge on any atom is 0.328 e. The zero-order valence-corrected chi connectivity index (χ0v) is 13.7. The lowest BCUT2D eigenvalue weighted by Crippen LogP contribution is -2.20. The Kier molecular flexibility index (Phi) is 4.13. The smallest absolute Gasteiger partial charge is 0.328 e. The number of nitrogens with zero attached hydrogens (tertiary/aromatic N) is 2. The van der Waals surface area contributed by atoms with Crippen LogP contribution in [0.25, 0.3) is 10.9 Å². The summed E-state index contributed by atoms with van der Waals surface area (Å²) in [4.78, 5) is 27.3. The molecule has 0 amide bonds. The first-order chi connectivity index (χ1) is 11.5. The van der Waals surface area contributed by atoms with Gasteiger partial charge in [0, 0.05) is 35.8 Å². The molecule has 0 spiro atoms. The minimum absolute atomic E-state index is 0.214. The molecule has 2 N–H and O–H groups in total. The van der Waals surface area contributed by atoms with E-state index >= 15 is 0 Å². The van der Waals surface area contributed by atoms with E-state index in [-0.39, 0.29) is 6.42 Å². The fourth-order valence-electron chi connectivity index (χ4n) is 3.62. The van der Waals surface area contributed by atoms with Gasteiger partial charge in [0.1, 0.15) is 5.92 Å². The van der Waals surface area contributed by atoms with E-state index in [2.05, 4.69) is 4.99 Å². The van der Waals surface area contributed by atoms with Crippen molar-refractivity contribution in [3.05, 3.63) is 35.0 Å². The highest BCUT2D eigenvalue weighted by atomic mass is 16.4. The Balaban J connectivity index is 2.40. The van der Waals surface area contributed by atoms with Crippen molar-refractivity contribution in [2.24, 2.45) is 4.99 Å². The van der Waals surface area contributed by atoms with Crippen LogP contribution in [-0.4, -0.2) is 39.0 Å². The molecule has 1 aliphatic rings. The Hall–Kier alpha value is -2.63. The summed E-state index contributed by atoms with van der Waals surface area (Å²) in [5.41, 5.74) is 3.54. The second-order valence-corrected chi connectivity index (χ2v) is 5.95. The third-order valence-corrected chi connectivity index (χ3v) is 4.68. The standard InChI is InChI=1S/C18H20N2O4/c1-3-10-6-5-7-14-15(10)11-8-13(18(23)24)19-9-12(17(21)22)16(11)20(14)4-2/h5-7,9,12-13H,3-4,8H2,1-2H3,(H,21,22)(H,23,24)/t12?,13-/m1/s1. The molecule has 1 unspecified atom stereocenters. The largest absolute Gasteiger partial charge is 0.480 e. The number of hydrogen-bond acceptors (Lipinski definition) is 3. The van der Waals surface area contributed by atoms with Gasteiger partial charge in [-0.05, 0) is 30.5 Å². The second kappa shape index (κ2) is 6.11. The van der Waals surface area contributed by atoms with E-state index in [9.17, 15) is 19.8 Å². The first kappa shape index (κ1) is 16.2. The van der Waals surface area contributed by atoms with E-state index in [4.69, 9.17) is 0 Å². The van der Waals surface area contributed by atoms with Gasteiger partial charge in [-0.15, -0.1) is 0 Å². The molecule has 0 radical (unpaired) electrons. The molecule has 1 aromatic heterocycles. The number of hydrogen-bond donors (Lipinski definition) is 2. The quantitative estimate of drug-likeness (QED) is 0.902. The van der Waals surface area contributed by atoms with Crippen LogP contribution < -0.4 is 0 Å². The van der Waals surface area contributed by atoms with E-state index in [1.807, 2.05) is 36.6 Å². The number of benzene rings is 1. The summed E-state index contributed by atoms with van der Waals surface area (Å²) in [7, 11) is 0. The van der Waals surface area contributed by atoms with Gasteiger partial charge in [-0.25, -0.2) is 4.79 Å². The topological polar surface area (TPSA) is 91.9 Å². The van der Waals surface area contributed by atoms with Crippen molar-refractivity contribution in [2.45, 2.75) is 45.2 Å². The van der Waals surface area contributed by atoms with Crippen molar-refractivity contribution in [3.8, 4) is 0 Å². The number of aliphatic imine (C=N–C) groups is 1. The van der Waals surface area contributed by atoms with Crippen molar-refractivity contribution in [1.82, 2.24) is 4.57 Å². The van der Waals surface area contributed by atoms with Gasteiger partial charge in [-0.1, -0.05) is 19.1 Å². The number of carboxylic acids is 2. The van der Waals surface area contributed by atoms with Gasteiger partial charge in [0.05, 0.1) is 0 Å². The molecule has 0 aliphatic carbocycles. The minimum atomic E-state index is -1.03. The summed E-state index contributed by atoms with van der Waals surface area (Å²) in [6, 6.07) is 5.00. The number of rotatable bonds is 4. The van der Waals surface area contributed by atoms with Gasteiger partial charge in [0.15, 0.2) is 6.04 Å². The zero-order chi connectivity index (χ0) is 17.4. The van der Waals surface area contributed by atoms with E-state index < -0.39 is 23.9 Å². The number of aryl methyl sites for hydroxylation is 2. The highest BCUT2D eigenvalue weighted by Crippen LogP contribution is 2.36. The highest BCUT2D eigenvalue weighted by molar-refractivity contribution is 6.00. The second-order valence-electron chi connectivity index (χ2n) is 5.95. The van der Waals surface area contributed by atoms with Gasteiger partial charge in [-0.3, -0.25) is 9.79 Å². The molecule has 2 atom stereocenters. The molecular weight excluding hydrogens is 308 g/mol. The summed E-state index contributed by atoms with van der Waals surface area (Å²) in [6.07, 6.45) is 2.29. The average molecular weight is 328 g/mol. The summed E-state index contributed by atoms with van der Waals surface area (Å²) in [5.74, 6) is -2.97. The van der Waals surface area contributed by atoms with Crippen molar-refractivity contribution >= 4 is 29.1 Å². The summed E-state index contributed by atoms with van der Waals surface area (Å²) < 4.78 is 1.98. The van der Waals surface area contributed by atoms with Crippen molar-refractivity contribution in [3.63, 3.8) is 0 Å². The van der Waals surface area contributed by atoms with E-state index in [0.29, 0.717) is 12.2 Å². The Morgan fingerprint density at radius 3 is 2.58 bits per heavy atom. The summed E-state index contributed by atoms with van der Waals surface area (Å²) in [6.45, 7) is 4.63. The highest BCUT2D eigenvalue weighted by Gasteiger charge is 2.33. The molecule has 126 valence electrons. The first-order valence-corrected chi connectivity index (χ1v) is 8.11. The monoisotopic (exact) mass is 328 g/mol. The summed E-state index contributed by atoms with van der Waals surface area (Å²) in [5, 5.41) is 20.0. The van der Waals surface area contributed by atoms with Crippen LogP contribution in [0.1, 0.15) is 36.6 Å². The number of carboxylic acid groups (broad SMARTS) is 2. The van der Waals surface area contributed by atoms with Crippen LogP contribution in [0.15, 0.2) is 23.2 Å². The van der Waals surface area contributed by atoms with Crippen LogP contribution >= 0.6 is 0 Å². The van der Waals surface area contributed by atoms with Gasteiger partial charge in [0.25, 0.3) is 0 Å². The van der Waals surface area contributed by atoms with Crippen LogP contribution in [0.3, 0.4) is 0 Å². The van der Waals surface area contributed by atoms with Crippen LogP contribution in [0, 0.1) is 0 Å². The normalized spacial score (nSPS) is 19.9. The molecule has 24 heavy (non-hydrogen) atoms. The zero-order valence-electron chi connectivity index (χ0n) is 13.7. The molecule has 0 saturated heterocycles. The minimum Gasteiger partial charge on any atom is -0.480 e. The number of fused-ring (bicyclic) bond motifs is 3. The summed E-state index contributed by atoms with van der Waals surface area (Å²) >= 11 is 0. The number of carbonyl (C=O) groups is 2. The molecule has 0 saturated carbocycles. The Morgan fingerprint density at radius 2 is 2.00 bits per heavy atom. The predicted molar refractivity (Wildman–Crippen MR) is 91.0 cm³/mol. The lowest BCUT2D eigenvalue weighted by atomic mass is 9.95. The Bertz CT molecular complexity index is 850. The predicted octanol–water partition coefficient (Wildman–Crippen LogP) is 2.47. The lowest BCUT2D eigenvalue weighted by Gasteiger charge is -2.12. The number of aliphatic carboxylic acids is 2. The Morgan fingerprint density at radius 1 is 1.25 bits per heavy atom. The SMILES string of the molecule is CCc1cccc2c1c1c(n2CC)C(C(=O)O)C=N[C@@H](C(=O)O)C1. The molecule has 1 aliphatic heterocycles. The maximum atomic E-state index is 11.8. The van der Waals surface area contributed by atoms with E-state index in [0.717, 1.165) is 28.5 Å². The molecule has 6 nitrogen and oxygen atoms in total. The van der Waals surface area contributed by atoms with Crippen LogP contribution in [0.2, 0.25) is 0 Å². The van der Waals surface area contributed by atoms with Crippen molar-refractivity contribution in [1.29, 1.82) is 0 Å². The maximum absolute atomic E-state index is 11.8. The molecule has 6 heteroatoms. The lowest BCUT2D eigenvalue weighted by molar-refractivity contribution is -0.139. The van der Waals surface area contributed by atoms with E-state index in [1.54, 1.807) is 0 Å². The van der Waals surface area contributed by atoms with Gasteiger partial charge in [-0.2, -0.15) is 0 Å². The van der Waals surface area contributed by atoms with Crippen LogP contribution in [-0.2, 0) is 29.0 Å². The third-order valence-electron chi connectivity index (χ3n) is 4.68. The van der Waals surface area contributed by atoms with Crippen molar-refractivity contribution in [2.75, 3.05) is 0 Å². The molecule has 0 bridgehead atoms. The van der Waals surface area contributed by atoms with E-state index in [1.165, 1.54) is 6.21 Å². The fraction of sp³-hybridized carbons (Fsp3) is 0.389. The molecule has 2 aromatic rings.